The number of nitrogens with one attached hydrogen (secondary N) is 1. The summed E-state index contributed by atoms with van der Waals surface area (Å²) in [6.45, 7) is 6.40. The molecule has 0 aromatic carbocycles. The molecule has 1 N–H and O–H groups in total. The van der Waals surface area contributed by atoms with E-state index in [2.05, 4.69) is 11.2 Å². The standard InChI is InChI=1S/C11H17NO3/c1-5-8-6-14-7-9(8)12-10(13)15-11(2,3)4/h1,8-9H,6-7H2,2-4H3,(H,12,13). The maximum Gasteiger partial charge on any atom is 0.407 e. The smallest absolute Gasteiger partial charge is 0.407 e. The quantitative estimate of drug-likeness (QED) is 0.662. The van der Waals surface area contributed by atoms with Gasteiger partial charge in [0.15, 0.2) is 0 Å². The third-order valence-electron chi connectivity index (χ3n) is 2.00. The number of carbonyl (C=O) groups excluding carboxylic acids is 1. The molecule has 84 valence electrons. The van der Waals surface area contributed by atoms with Crippen molar-refractivity contribution in [2.75, 3.05) is 13.2 Å². The molecule has 1 aliphatic heterocycles. The summed E-state index contributed by atoms with van der Waals surface area (Å²) in [5, 5.41) is 2.71. The molecule has 0 aromatic heterocycles. The van der Waals surface area contributed by atoms with Crippen molar-refractivity contribution in [3.8, 4) is 12.3 Å². The second-order valence-corrected chi connectivity index (χ2v) is 4.56. The number of amides is 1. The predicted molar refractivity (Wildman–Crippen MR) is 56.3 cm³/mol. The van der Waals surface area contributed by atoms with Gasteiger partial charge in [-0.25, -0.2) is 4.79 Å². The second-order valence-electron chi connectivity index (χ2n) is 4.56. The molecule has 2 unspecified atom stereocenters. The van der Waals surface area contributed by atoms with Crippen LogP contribution >= 0.6 is 0 Å². The Balaban J connectivity index is 2.42. The van der Waals surface area contributed by atoms with Gasteiger partial charge in [0.2, 0.25) is 0 Å². The van der Waals surface area contributed by atoms with Gasteiger partial charge in [-0.2, -0.15) is 0 Å². The van der Waals surface area contributed by atoms with Crippen LogP contribution in [-0.2, 0) is 9.47 Å². The highest BCUT2D eigenvalue weighted by atomic mass is 16.6. The first kappa shape index (κ1) is 11.9. The van der Waals surface area contributed by atoms with Crippen molar-refractivity contribution in [3.63, 3.8) is 0 Å². The number of ether oxygens (including phenoxy) is 2. The van der Waals surface area contributed by atoms with Gasteiger partial charge < -0.3 is 14.8 Å². The Labute approximate surface area is 90.3 Å². The Morgan fingerprint density at radius 2 is 2.20 bits per heavy atom. The van der Waals surface area contributed by atoms with E-state index in [-0.39, 0.29) is 12.0 Å². The summed E-state index contributed by atoms with van der Waals surface area (Å²) in [6, 6.07) is -0.134. The SMILES string of the molecule is C#CC1COCC1NC(=O)OC(C)(C)C. The molecule has 4 heteroatoms. The molecule has 1 heterocycles. The number of alkyl carbamates (subject to hydrolysis) is 1. The summed E-state index contributed by atoms with van der Waals surface area (Å²) >= 11 is 0. The third kappa shape index (κ3) is 3.80. The van der Waals surface area contributed by atoms with E-state index in [0.29, 0.717) is 13.2 Å². The van der Waals surface area contributed by atoms with Gasteiger partial charge >= 0.3 is 6.09 Å². The maximum absolute atomic E-state index is 11.4. The Morgan fingerprint density at radius 1 is 1.53 bits per heavy atom. The summed E-state index contributed by atoms with van der Waals surface area (Å²) in [4.78, 5) is 11.4. The highest BCUT2D eigenvalue weighted by Gasteiger charge is 2.29. The zero-order valence-electron chi connectivity index (χ0n) is 9.37. The summed E-state index contributed by atoms with van der Waals surface area (Å²) in [5.74, 6) is 2.53. The predicted octanol–water partition coefficient (Wildman–Crippen LogP) is 1.16. The minimum absolute atomic E-state index is 0.0579. The summed E-state index contributed by atoms with van der Waals surface area (Å²) in [6.07, 6.45) is 4.86. The van der Waals surface area contributed by atoms with Crippen LogP contribution in [0.4, 0.5) is 4.79 Å². The Morgan fingerprint density at radius 3 is 2.73 bits per heavy atom. The van der Waals surface area contributed by atoms with Crippen molar-refractivity contribution >= 4 is 6.09 Å². The number of carbonyl (C=O) groups is 1. The molecule has 0 saturated carbocycles. The fraction of sp³-hybridized carbons (Fsp3) is 0.727. The zero-order chi connectivity index (χ0) is 11.5. The van der Waals surface area contributed by atoms with E-state index in [9.17, 15) is 4.79 Å². The van der Waals surface area contributed by atoms with Crippen molar-refractivity contribution in [1.29, 1.82) is 0 Å². The molecule has 0 aromatic rings. The first-order chi connectivity index (χ1) is 6.92. The van der Waals surface area contributed by atoms with Gasteiger partial charge in [0.25, 0.3) is 0 Å². The molecule has 1 fully saturated rings. The Bertz CT molecular complexity index is 275. The van der Waals surface area contributed by atoms with Gasteiger partial charge in [-0.05, 0) is 20.8 Å². The third-order valence-corrected chi connectivity index (χ3v) is 2.00. The van der Waals surface area contributed by atoms with E-state index < -0.39 is 11.7 Å². The highest BCUT2D eigenvalue weighted by molar-refractivity contribution is 5.68. The maximum atomic E-state index is 11.4. The van der Waals surface area contributed by atoms with Crippen molar-refractivity contribution in [2.24, 2.45) is 5.92 Å². The average molecular weight is 211 g/mol. The minimum Gasteiger partial charge on any atom is -0.444 e. The molecule has 0 bridgehead atoms. The van der Waals surface area contributed by atoms with E-state index in [0.717, 1.165) is 0 Å². The summed E-state index contributed by atoms with van der Waals surface area (Å²) in [5.41, 5.74) is -0.491. The van der Waals surface area contributed by atoms with Crippen LogP contribution in [0.5, 0.6) is 0 Å². The van der Waals surface area contributed by atoms with Gasteiger partial charge in [0, 0.05) is 0 Å². The van der Waals surface area contributed by atoms with Crippen molar-refractivity contribution in [1.82, 2.24) is 5.32 Å². The van der Waals surface area contributed by atoms with E-state index in [4.69, 9.17) is 15.9 Å². The molecule has 0 spiro atoms. The van der Waals surface area contributed by atoms with Gasteiger partial charge in [-0.3, -0.25) is 0 Å². The largest absolute Gasteiger partial charge is 0.444 e. The molecule has 0 aliphatic carbocycles. The molecular formula is C11H17NO3. The fourth-order valence-electron chi connectivity index (χ4n) is 1.32. The van der Waals surface area contributed by atoms with Crippen LogP contribution in [0.3, 0.4) is 0 Å². The zero-order valence-corrected chi connectivity index (χ0v) is 9.37. The van der Waals surface area contributed by atoms with Crippen molar-refractivity contribution < 1.29 is 14.3 Å². The van der Waals surface area contributed by atoms with Crippen LogP contribution < -0.4 is 5.32 Å². The Hall–Kier alpha value is -1.21. The molecule has 1 amide bonds. The first-order valence-corrected chi connectivity index (χ1v) is 4.96. The van der Waals surface area contributed by atoms with Crippen LogP contribution in [0, 0.1) is 18.3 Å². The fourth-order valence-corrected chi connectivity index (χ4v) is 1.32. The molecule has 15 heavy (non-hydrogen) atoms. The van der Waals surface area contributed by atoms with Crippen LogP contribution in [-0.4, -0.2) is 30.9 Å². The molecule has 2 atom stereocenters. The van der Waals surface area contributed by atoms with E-state index >= 15 is 0 Å². The number of rotatable bonds is 1. The van der Waals surface area contributed by atoms with E-state index in [1.54, 1.807) is 0 Å². The Kier molecular flexibility index (Phi) is 3.59. The van der Waals surface area contributed by atoms with Crippen LogP contribution in [0.2, 0.25) is 0 Å². The lowest BCUT2D eigenvalue weighted by Crippen LogP contribution is -2.42. The van der Waals surface area contributed by atoms with Gasteiger partial charge in [0.05, 0.1) is 25.2 Å². The summed E-state index contributed by atoms with van der Waals surface area (Å²) < 4.78 is 10.3. The topological polar surface area (TPSA) is 47.6 Å². The summed E-state index contributed by atoms with van der Waals surface area (Å²) in [7, 11) is 0. The molecule has 1 saturated heterocycles. The number of hydrogen-bond acceptors (Lipinski definition) is 3. The molecule has 1 rings (SSSR count). The van der Waals surface area contributed by atoms with Crippen LogP contribution in [0.25, 0.3) is 0 Å². The van der Waals surface area contributed by atoms with Crippen molar-refractivity contribution in [2.45, 2.75) is 32.4 Å². The number of terminal acetylenes is 1. The second kappa shape index (κ2) is 4.54. The van der Waals surface area contributed by atoms with Crippen molar-refractivity contribution in [3.05, 3.63) is 0 Å². The number of hydrogen-bond donors (Lipinski definition) is 1. The minimum atomic E-state index is -0.491. The van der Waals surface area contributed by atoms with Crippen LogP contribution in [0.15, 0.2) is 0 Å². The molecular weight excluding hydrogens is 194 g/mol. The van der Waals surface area contributed by atoms with Crippen LogP contribution in [0.1, 0.15) is 20.8 Å². The lowest BCUT2D eigenvalue weighted by atomic mass is 10.1. The van der Waals surface area contributed by atoms with Gasteiger partial charge in [-0.15, -0.1) is 6.42 Å². The monoisotopic (exact) mass is 211 g/mol. The first-order valence-electron chi connectivity index (χ1n) is 4.96. The van der Waals surface area contributed by atoms with E-state index in [1.807, 2.05) is 20.8 Å². The normalized spacial score (nSPS) is 25.7. The lowest BCUT2D eigenvalue weighted by molar-refractivity contribution is 0.0495. The lowest BCUT2D eigenvalue weighted by Gasteiger charge is -2.22. The molecule has 4 nitrogen and oxygen atoms in total. The van der Waals surface area contributed by atoms with Gasteiger partial charge in [-0.1, -0.05) is 5.92 Å². The average Bonchev–Trinajstić information content (AvgIpc) is 2.48. The highest BCUT2D eigenvalue weighted by Crippen LogP contribution is 2.13. The van der Waals surface area contributed by atoms with E-state index in [1.165, 1.54) is 0 Å². The molecule has 0 radical (unpaired) electrons. The van der Waals surface area contributed by atoms with Gasteiger partial charge in [0.1, 0.15) is 5.60 Å². The molecule has 1 aliphatic rings.